The first-order valence-corrected chi connectivity index (χ1v) is 7.80. The van der Waals surface area contributed by atoms with E-state index in [9.17, 15) is 4.79 Å². The summed E-state index contributed by atoms with van der Waals surface area (Å²) < 4.78 is 7.62. The van der Waals surface area contributed by atoms with E-state index in [1.165, 1.54) is 6.08 Å². The molecule has 2 aromatic heterocycles. The molecule has 0 atom stereocenters. The van der Waals surface area contributed by atoms with Gasteiger partial charge in [-0.3, -0.25) is 4.79 Å². The van der Waals surface area contributed by atoms with Gasteiger partial charge < -0.3 is 14.5 Å². The summed E-state index contributed by atoms with van der Waals surface area (Å²) in [6.45, 7) is 3.90. The number of fused-ring (bicyclic) bond motifs is 1. The van der Waals surface area contributed by atoms with Crippen LogP contribution >= 0.6 is 0 Å². The molecule has 1 amide bonds. The van der Waals surface area contributed by atoms with Gasteiger partial charge in [0.2, 0.25) is 5.91 Å². The van der Waals surface area contributed by atoms with E-state index in [0.29, 0.717) is 11.4 Å². The largest absolute Gasteiger partial charge is 0.489 e. The number of benzene rings is 1. The number of nitrogens with zero attached hydrogens (tertiary/aromatic N) is 2. The normalized spacial score (nSPS) is 11.3. The number of imidazole rings is 1. The molecule has 3 aromatic rings. The van der Waals surface area contributed by atoms with Gasteiger partial charge in [0, 0.05) is 12.3 Å². The highest BCUT2D eigenvalue weighted by molar-refractivity contribution is 6.02. The minimum atomic E-state index is -0.222. The van der Waals surface area contributed by atoms with Gasteiger partial charge in [0.15, 0.2) is 0 Å². The highest BCUT2D eigenvalue weighted by Gasteiger charge is 2.07. The number of pyridine rings is 1. The van der Waals surface area contributed by atoms with E-state index in [1.807, 2.05) is 66.9 Å². The number of carbonyl (C=O) groups is 1. The Morgan fingerprint density at radius 3 is 2.83 bits per heavy atom. The van der Waals surface area contributed by atoms with Crippen LogP contribution in [0.5, 0.6) is 5.75 Å². The van der Waals surface area contributed by atoms with E-state index in [1.54, 1.807) is 12.3 Å². The quantitative estimate of drug-likeness (QED) is 0.728. The molecule has 5 heteroatoms. The van der Waals surface area contributed by atoms with Crippen LogP contribution in [-0.2, 0) is 4.79 Å². The number of rotatable bonds is 5. The molecule has 0 bridgehead atoms. The van der Waals surface area contributed by atoms with E-state index in [4.69, 9.17) is 4.74 Å². The Kier molecular flexibility index (Phi) is 4.61. The summed E-state index contributed by atoms with van der Waals surface area (Å²) in [6.07, 6.45) is 6.90. The fraction of sp³-hybridized carbons (Fsp3) is 0.158. The lowest BCUT2D eigenvalue weighted by atomic mass is 10.2. The second kappa shape index (κ2) is 7.00. The Hall–Kier alpha value is -3.08. The molecule has 0 fully saturated rings. The molecule has 0 aliphatic heterocycles. The minimum Gasteiger partial charge on any atom is -0.489 e. The van der Waals surface area contributed by atoms with Crippen LogP contribution in [0.2, 0.25) is 0 Å². The maximum Gasteiger partial charge on any atom is 0.248 e. The van der Waals surface area contributed by atoms with Gasteiger partial charge in [-0.2, -0.15) is 0 Å². The Morgan fingerprint density at radius 2 is 2.00 bits per heavy atom. The Labute approximate surface area is 140 Å². The Balaban J connectivity index is 1.74. The van der Waals surface area contributed by atoms with E-state index in [2.05, 4.69) is 10.3 Å². The van der Waals surface area contributed by atoms with Gasteiger partial charge >= 0.3 is 0 Å². The number of hydrogen-bond acceptors (Lipinski definition) is 3. The molecule has 1 N–H and O–H groups in total. The first kappa shape index (κ1) is 15.8. The van der Waals surface area contributed by atoms with Crippen molar-refractivity contribution in [2.45, 2.75) is 20.0 Å². The van der Waals surface area contributed by atoms with Gasteiger partial charge in [-0.15, -0.1) is 0 Å². The average Bonchev–Trinajstić information content (AvgIpc) is 2.98. The molecule has 5 nitrogen and oxygen atoms in total. The number of hydrogen-bond donors (Lipinski definition) is 1. The fourth-order valence-electron chi connectivity index (χ4n) is 2.34. The molecule has 0 spiro atoms. The lowest BCUT2D eigenvalue weighted by Gasteiger charge is -2.14. The summed E-state index contributed by atoms with van der Waals surface area (Å²) in [5, 5.41) is 2.85. The van der Waals surface area contributed by atoms with Crippen molar-refractivity contribution < 1.29 is 9.53 Å². The molecule has 3 rings (SSSR count). The Morgan fingerprint density at radius 1 is 1.21 bits per heavy atom. The second-order valence-corrected chi connectivity index (χ2v) is 5.60. The number of amides is 1. The number of nitrogens with one attached hydrogen (secondary N) is 1. The summed E-state index contributed by atoms with van der Waals surface area (Å²) in [5.41, 5.74) is 2.33. The van der Waals surface area contributed by atoms with E-state index in [0.717, 1.165) is 11.3 Å². The number of ether oxygens (including phenoxy) is 1. The van der Waals surface area contributed by atoms with Crippen LogP contribution in [0.15, 0.2) is 60.9 Å². The van der Waals surface area contributed by atoms with E-state index >= 15 is 0 Å². The molecule has 0 unspecified atom stereocenters. The smallest absolute Gasteiger partial charge is 0.248 e. The number of aromatic nitrogens is 2. The Bertz CT molecular complexity index is 881. The summed E-state index contributed by atoms with van der Waals surface area (Å²) in [5.74, 6) is 0.435. The van der Waals surface area contributed by atoms with E-state index in [-0.39, 0.29) is 12.0 Å². The number of para-hydroxylation sites is 2. The van der Waals surface area contributed by atoms with Gasteiger partial charge in [-0.05, 0) is 44.2 Å². The molecule has 122 valence electrons. The zero-order valence-corrected chi connectivity index (χ0v) is 13.6. The van der Waals surface area contributed by atoms with Crippen LogP contribution in [0.25, 0.3) is 11.7 Å². The predicted octanol–water partition coefficient (Wildman–Crippen LogP) is 3.77. The molecule has 0 aliphatic carbocycles. The first-order valence-electron chi connectivity index (χ1n) is 7.80. The first-order chi connectivity index (χ1) is 11.6. The summed E-state index contributed by atoms with van der Waals surface area (Å²) in [7, 11) is 0. The van der Waals surface area contributed by atoms with E-state index < -0.39 is 0 Å². The van der Waals surface area contributed by atoms with Crippen molar-refractivity contribution in [3.8, 4) is 5.75 Å². The van der Waals surface area contributed by atoms with Gasteiger partial charge in [0.05, 0.1) is 23.7 Å². The van der Waals surface area contributed by atoms with Gasteiger partial charge in [0.1, 0.15) is 11.4 Å². The van der Waals surface area contributed by atoms with Crippen LogP contribution in [-0.4, -0.2) is 21.4 Å². The zero-order valence-electron chi connectivity index (χ0n) is 13.6. The predicted molar refractivity (Wildman–Crippen MR) is 95.1 cm³/mol. The summed E-state index contributed by atoms with van der Waals surface area (Å²) in [4.78, 5) is 16.5. The molecule has 2 heterocycles. The zero-order chi connectivity index (χ0) is 16.9. The third-order valence-electron chi connectivity index (χ3n) is 3.36. The molecule has 0 radical (unpaired) electrons. The maximum atomic E-state index is 12.2. The molecular weight excluding hydrogens is 302 g/mol. The van der Waals surface area contributed by atoms with Crippen molar-refractivity contribution in [2.24, 2.45) is 0 Å². The SMILES string of the molecule is CC(C)Oc1ccccc1NC(=O)/C=C/c1cnc2ccccn12. The maximum absolute atomic E-state index is 12.2. The molecule has 1 aromatic carbocycles. The molecule has 24 heavy (non-hydrogen) atoms. The topological polar surface area (TPSA) is 55.6 Å². The summed E-state index contributed by atoms with van der Waals surface area (Å²) in [6, 6.07) is 13.1. The van der Waals surface area contributed by atoms with Crippen LogP contribution in [0.1, 0.15) is 19.5 Å². The van der Waals surface area contributed by atoms with Crippen molar-refractivity contribution in [1.29, 1.82) is 0 Å². The van der Waals surface area contributed by atoms with Crippen LogP contribution in [0.4, 0.5) is 5.69 Å². The lowest BCUT2D eigenvalue weighted by molar-refractivity contribution is -0.111. The van der Waals surface area contributed by atoms with Gasteiger partial charge in [0.25, 0.3) is 0 Å². The fourth-order valence-corrected chi connectivity index (χ4v) is 2.34. The van der Waals surface area contributed by atoms with Crippen LogP contribution in [0.3, 0.4) is 0 Å². The lowest BCUT2D eigenvalue weighted by Crippen LogP contribution is -2.12. The van der Waals surface area contributed by atoms with Gasteiger partial charge in [-0.1, -0.05) is 18.2 Å². The average molecular weight is 321 g/mol. The van der Waals surface area contributed by atoms with Crippen molar-refractivity contribution >= 4 is 23.3 Å². The molecule has 0 saturated heterocycles. The third kappa shape index (κ3) is 3.63. The van der Waals surface area contributed by atoms with Crippen molar-refractivity contribution in [3.63, 3.8) is 0 Å². The van der Waals surface area contributed by atoms with Crippen molar-refractivity contribution in [2.75, 3.05) is 5.32 Å². The molecule has 0 saturated carbocycles. The molecule has 0 aliphatic rings. The second-order valence-electron chi connectivity index (χ2n) is 5.60. The van der Waals surface area contributed by atoms with Crippen molar-refractivity contribution in [1.82, 2.24) is 9.38 Å². The van der Waals surface area contributed by atoms with Crippen LogP contribution < -0.4 is 10.1 Å². The molecular formula is C19H19N3O2. The highest BCUT2D eigenvalue weighted by Crippen LogP contribution is 2.24. The highest BCUT2D eigenvalue weighted by atomic mass is 16.5. The van der Waals surface area contributed by atoms with Crippen LogP contribution in [0, 0.1) is 0 Å². The van der Waals surface area contributed by atoms with Crippen molar-refractivity contribution in [3.05, 3.63) is 66.6 Å². The number of anilines is 1. The monoisotopic (exact) mass is 321 g/mol. The van der Waals surface area contributed by atoms with Gasteiger partial charge in [-0.25, -0.2) is 4.98 Å². The summed E-state index contributed by atoms with van der Waals surface area (Å²) >= 11 is 0. The number of carbonyl (C=O) groups excluding carboxylic acids is 1. The third-order valence-corrected chi connectivity index (χ3v) is 3.36. The minimum absolute atomic E-state index is 0.0387. The standard InChI is InChI=1S/C19H19N3O2/c1-14(2)24-17-8-4-3-7-16(17)21-19(23)11-10-15-13-20-18-9-5-6-12-22(15)18/h3-14H,1-2H3,(H,21,23)/b11-10+.